The fourth-order valence-electron chi connectivity index (χ4n) is 2.47. The summed E-state index contributed by atoms with van der Waals surface area (Å²) in [6, 6.07) is 25.3. The molecule has 2 aromatic heterocycles. The zero-order chi connectivity index (χ0) is 17.2. The summed E-state index contributed by atoms with van der Waals surface area (Å²) in [4.78, 5) is 0. The van der Waals surface area contributed by atoms with Crippen molar-refractivity contribution < 1.29 is 0 Å². The number of rotatable bonds is 4. The van der Waals surface area contributed by atoms with Crippen molar-refractivity contribution in [3.8, 4) is 20.0 Å². The normalized spacial score (nSPS) is 11.0. The van der Waals surface area contributed by atoms with Crippen LogP contribution in [-0.4, -0.2) is 44.0 Å². The van der Waals surface area contributed by atoms with Crippen molar-refractivity contribution in [1.82, 2.24) is 0 Å². The topological polar surface area (TPSA) is 0 Å². The van der Waals surface area contributed by atoms with Gasteiger partial charge in [0.2, 0.25) is 0 Å². The summed E-state index contributed by atoms with van der Waals surface area (Å²) in [7, 11) is 0. The zero-order valence-corrected chi connectivity index (χ0v) is 19.6. The maximum absolute atomic E-state index is 6.52. The Hall–Kier alpha value is -0.462. The summed E-state index contributed by atoms with van der Waals surface area (Å²) >= 11 is 14.0. The van der Waals surface area contributed by atoms with Gasteiger partial charge in [-0.1, -0.05) is 0 Å². The Balaban J connectivity index is 1.62. The minimum absolute atomic E-state index is 0.317. The summed E-state index contributed by atoms with van der Waals surface area (Å²) in [5.74, 6) is 0. The molecule has 0 saturated heterocycles. The van der Waals surface area contributed by atoms with E-state index in [0.29, 0.717) is 44.0 Å². The van der Waals surface area contributed by atoms with E-state index in [0.717, 1.165) is 10.0 Å². The molecule has 0 fully saturated rings. The number of halogens is 2. The predicted molar refractivity (Wildman–Crippen MR) is 113 cm³/mol. The fraction of sp³-hybridized carbons (Fsp3) is 0. The second-order valence-electron chi connectivity index (χ2n) is 5.32. The molecule has 4 rings (SSSR count). The van der Waals surface area contributed by atoms with E-state index in [9.17, 15) is 0 Å². The van der Waals surface area contributed by atoms with Crippen LogP contribution in [0.15, 0.2) is 72.8 Å². The molecule has 0 amide bonds. The van der Waals surface area contributed by atoms with Crippen molar-refractivity contribution in [3.05, 3.63) is 82.8 Å². The molecule has 0 aliphatic carbocycles. The van der Waals surface area contributed by atoms with Gasteiger partial charge in [-0.3, -0.25) is 0 Å². The van der Waals surface area contributed by atoms with Gasteiger partial charge in [0.05, 0.1) is 0 Å². The van der Waals surface area contributed by atoms with E-state index in [2.05, 4.69) is 60.7 Å². The third-order valence-corrected chi connectivity index (χ3v) is 13.8. The quantitative estimate of drug-likeness (QED) is 0.330. The monoisotopic (exact) mass is 562 g/mol. The van der Waals surface area contributed by atoms with Crippen LogP contribution in [-0.2, 0) is 0 Å². The molecule has 0 unspecified atom stereocenters. The van der Waals surface area contributed by atoms with Gasteiger partial charge >= 0.3 is 177 Å². The maximum atomic E-state index is 6.52. The molecule has 0 N–H and O–H groups in total. The number of hydrogen-bond donors (Lipinski definition) is 0. The van der Waals surface area contributed by atoms with Crippen LogP contribution >= 0.6 is 23.2 Å². The van der Waals surface area contributed by atoms with Crippen molar-refractivity contribution in [1.29, 1.82) is 0 Å². The average Bonchev–Trinajstić information content (AvgIpc) is 3.19. The molecule has 4 aromatic rings. The van der Waals surface area contributed by atoms with Crippen LogP contribution in [0.5, 0.6) is 0 Å². The van der Waals surface area contributed by atoms with Crippen LogP contribution in [0.1, 0.15) is 0 Å². The van der Waals surface area contributed by atoms with Gasteiger partial charge in [0.15, 0.2) is 0 Å². The van der Waals surface area contributed by atoms with Crippen molar-refractivity contribution >= 4 is 73.8 Å². The predicted octanol–water partition coefficient (Wildman–Crippen LogP) is 4.10. The van der Waals surface area contributed by atoms with E-state index in [1.165, 1.54) is 26.7 Å². The standard InChI is InChI=1S/C20H12Cl2Se3/c21-15-11-17(24-19(15)13-7-3-1-4-8-13)23-18-12-16(22)20(25-18)14-9-5-2-6-10-14/h1-12H. The second kappa shape index (κ2) is 8.05. The van der Waals surface area contributed by atoms with Gasteiger partial charge in [-0.2, -0.15) is 0 Å². The molecule has 0 atom stereocenters. The Morgan fingerprint density at radius 1 is 0.600 bits per heavy atom. The van der Waals surface area contributed by atoms with Gasteiger partial charge in [0.1, 0.15) is 0 Å². The Morgan fingerprint density at radius 3 is 1.40 bits per heavy atom. The van der Waals surface area contributed by atoms with E-state index in [-0.39, 0.29) is 0 Å². The van der Waals surface area contributed by atoms with Gasteiger partial charge in [0.25, 0.3) is 0 Å². The number of hydrogen-bond acceptors (Lipinski definition) is 0. The summed E-state index contributed by atoms with van der Waals surface area (Å²) in [5, 5.41) is 1.83. The third kappa shape index (κ3) is 4.11. The molecule has 0 spiro atoms. The van der Waals surface area contributed by atoms with Crippen LogP contribution in [0.3, 0.4) is 0 Å². The average molecular weight is 560 g/mol. The third-order valence-electron chi connectivity index (χ3n) is 3.60. The second-order valence-corrected chi connectivity index (χ2v) is 15.4. The molecule has 5 heteroatoms. The van der Waals surface area contributed by atoms with E-state index in [4.69, 9.17) is 23.2 Å². The molecule has 124 valence electrons. The fourth-order valence-corrected chi connectivity index (χ4v) is 14.6. The summed E-state index contributed by atoms with van der Waals surface area (Å²) in [6.45, 7) is 0. The summed E-state index contributed by atoms with van der Waals surface area (Å²) in [6.07, 6.45) is 0. The SMILES string of the molecule is Clc1cc([Se]c2cc(Cl)c(-c3ccccc3)[se]2)[se]c1-c1ccccc1. The molecular formula is C20H12Cl2Se3. The van der Waals surface area contributed by atoms with Gasteiger partial charge < -0.3 is 0 Å². The summed E-state index contributed by atoms with van der Waals surface area (Å²) in [5.41, 5.74) is 2.50. The van der Waals surface area contributed by atoms with Crippen molar-refractivity contribution in [2.24, 2.45) is 0 Å². The first kappa shape index (κ1) is 17.9. The van der Waals surface area contributed by atoms with Gasteiger partial charge in [0, 0.05) is 0 Å². The van der Waals surface area contributed by atoms with Gasteiger partial charge in [-0.25, -0.2) is 0 Å². The Bertz CT molecular complexity index is 907. The molecule has 0 bridgehead atoms. The van der Waals surface area contributed by atoms with Crippen molar-refractivity contribution in [2.45, 2.75) is 0 Å². The van der Waals surface area contributed by atoms with E-state index < -0.39 is 0 Å². The first-order chi connectivity index (χ1) is 12.2. The van der Waals surface area contributed by atoms with Crippen LogP contribution in [0.25, 0.3) is 20.0 Å². The molecule has 2 heterocycles. The summed E-state index contributed by atoms with van der Waals surface area (Å²) < 4.78 is 5.60. The molecule has 0 aliphatic rings. The Labute approximate surface area is 175 Å². The first-order valence-electron chi connectivity index (χ1n) is 7.58. The molecule has 0 aliphatic heterocycles. The molecular weight excluding hydrogens is 548 g/mol. The van der Waals surface area contributed by atoms with Crippen LogP contribution in [0.2, 0.25) is 10.0 Å². The van der Waals surface area contributed by atoms with Crippen LogP contribution < -0.4 is 6.67 Å². The van der Waals surface area contributed by atoms with E-state index >= 15 is 0 Å². The Morgan fingerprint density at radius 2 is 1.00 bits per heavy atom. The zero-order valence-electron chi connectivity index (χ0n) is 12.9. The van der Waals surface area contributed by atoms with E-state index in [1.807, 2.05) is 12.1 Å². The van der Waals surface area contributed by atoms with Crippen molar-refractivity contribution in [2.75, 3.05) is 0 Å². The van der Waals surface area contributed by atoms with E-state index in [1.54, 1.807) is 0 Å². The van der Waals surface area contributed by atoms with Gasteiger partial charge in [-0.05, 0) is 0 Å². The molecule has 2 aromatic carbocycles. The molecule has 0 radical (unpaired) electrons. The number of benzene rings is 2. The van der Waals surface area contributed by atoms with Crippen LogP contribution in [0, 0.1) is 0 Å². The van der Waals surface area contributed by atoms with Crippen LogP contribution in [0.4, 0.5) is 0 Å². The minimum atomic E-state index is 0.317. The molecule has 0 nitrogen and oxygen atoms in total. The molecule has 0 saturated carbocycles. The first-order valence-corrected chi connectivity index (χ1v) is 13.5. The Kier molecular flexibility index (Phi) is 5.77. The van der Waals surface area contributed by atoms with Crippen molar-refractivity contribution in [3.63, 3.8) is 0 Å². The molecule has 25 heavy (non-hydrogen) atoms. The van der Waals surface area contributed by atoms with Gasteiger partial charge in [-0.15, -0.1) is 0 Å².